The molecule has 1 aromatic heterocycles. The second-order valence-electron chi connectivity index (χ2n) is 4.19. The molecular formula is C12H15BrN4O3. The summed E-state index contributed by atoms with van der Waals surface area (Å²) in [7, 11) is 1.65. The Morgan fingerprint density at radius 1 is 1.50 bits per heavy atom. The Morgan fingerprint density at radius 2 is 2.30 bits per heavy atom. The van der Waals surface area contributed by atoms with Crippen molar-refractivity contribution in [1.29, 1.82) is 0 Å². The first kappa shape index (κ1) is 14.7. The van der Waals surface area contributed by atoms with Crippen molar-refractivity contribution < 1.29 is 9.66 Å². The fraction of sp³-hybridized carbons (Fsp3) is 0.417. The van der Waals surface area contributed by atoms with Crippen molar-refractivity contribution in [2.75, 3.05) is 37.0 Å². The number of imidazole rings is 1. The van der Waals surface area contributed by atoms with Crippen molar-refractivity contribution in [3.8, 4) is 0 Å². The van der Waals surface area contributed by atoms with Crippen LogP contribution < -0.4 is 4.90 Å². The van der Waals surface area contributed by atoms with E-state index >= 15 is 0 Å². The van der Waals surface area contributed by atoms with Crippen molar-refractivity contribution in [2.45, 2.75) is 0 Å². The molecule has 1 heterocycles. The Morgan fingerprint density at radius 3 is 2.95 bits per heavy atom. The highest BCUT2D eigenvalue weighted by molar-refractivity contribution is 9.09. The van der Waals surface area contributed by atoms with Crippen LogP contribution >= 0.6 is 15.9 Å². The lowest BCUT2D eigenvalue weighted by Crippen LogP contribution is -2.30. The van der Waals surface area contributed by atoms with Crippen LogP contribution in [0, 0.1) is 10.1 Å². The molecule has 0 aliphatic heterocycles. The molecule has 0 saturated heterocycles. The van der Waals surface area contributed by atoms with E-state index in [0.717, 1.165) is 11.9 Å². The quantitative estimate of drug-likeness (QED) is 0.474. The number of H-pyrrole nitrogens is 1. The number of non-ortho nitro benzene ring substituents is 1. The Bertz CT molecular complexity index is 601. The maximum Gasteiger partial charge on any atom is 0.271 e. The van der Waals surface area contributed by atoms with Gasteiger partial charge in [-0.25, -0.2) is 4.98 Å². The minimum atomic E-state index is -0.416. The van der Waals surface area contributed by atoms with Crippen LogP contribution in [-0.2, 0) is 4.74 Å². The van der Waals surface area contributed by atoms with Gasteiger partial charge in [0.1, 0.15) is 0 Å². The van der Waals surface area contributed by atoms with E-state index in [9.17, 15) is 10.1 Å². The van der Waals surface area contributed by atoms with Gasteiger partial charge in [-0.15, -0.1) is 0 Å². The van der Waals surface area contributed by atoms with E-state index in [0.29, 0.717) is 30.1 Å². The Hall–Kier alpha value is -1.67. The molecular weight excluding hydrogens is 328 g/mol. The number of alkyl halides is 1. The Kier molecular flexibility index (Phi) is 4.91. The number of nitrogens with zero attached hydrogens (tertiary/aromatic N) is 3. The lowest BCUT2D eigenvalue weighted by molar-refractivity contribution is -0.384. The molecule has 1 N–H and O–H groups in total. The minimum Gasteiger partial charge on any atom is -0.383 e. The van der Waals surface area contributed by atoms with Gasteiger partial charge in [-0.05, 0) is 6.07 Å². The molecule has 0 radical (unpaired) electrons. The number of halogens is 1. The summed E-state index contributed by atoms with van der Waals surface area (Å²) in [6.07, 6.45) is 0. The van der Waals surface area contributed by atoms with Crippen LogP contribution in [0.1, 0.15) is 0 Å². The largest absolute Gasteiger partial charge is 0.383 e. The zero-order valence-corrected chi connectivity index (χ0v) is 12.6. The number of nitro benzene ring substituents is 1. The van der Waals surface area contributed by atoms with Gasteiger partial charge in [0.2, 0.25) is 5.95 Å². The van der Waals surface area contributed by atoms with E-state index in [-0.39, 0.29) is 5.69 Å². The number of aromatic amines is 1. The molecule has 0 saturated carbocycles. The van der Waals surface area contributed by atoms with Crippen molar-refractivity contribution in [3.05, 3.63) is 28.3 Å². The number of hydrogen-bond donors (Lipinski definition) is 1. The summed E-state index contributed by atoms with van der Waals surface area (Å²) >= 11 is 3.40. The zero-order chi connectivity index (χ0) is 14.5. The molecule has 0 spiro atoms. The van der Waals surface area contributed by atoms with Crippen LogP contribution in [-0.4, -0.2) is 47.0 Å². The van der Waals surface area contributed by atoms with Crippen LogP contribution in [0.15, 0.2) is 18.2 Å². The number of fused-ring (bicyclic) bond motifs is 1. The Labute approximate surface area is 124 Å². The van der Waals surface area contributed by atoms with Crippen molar-refractivity contribution in [2.24, 2.45) is 0 Å². The van der Waals surface area contributed by atoms with Crippen LogP contribution in [0.4, 0.5) is 11.6 Å². The normalized spacial score (nSPS) is 10.9. The smallest absolute Gasteiger partial charge is 0.271 e. The minimum absolute atomic E-state index is 0.0524. The number of benzene rings is 1. The molecule has 20 heavy (non-hydrogen) atoms. The molecule has 0 atom stereocenters. The topological polar surface area (TPSA) is 84.3 Å². The van der Waals surface area contributed by atoms with Crippen molar-refractivity contribution in [1.82, 2.24) is 9.97 Å². The summed E-state index contributed by atoms with van der Waals surface area (Å²) in [5.41, 5.74) is 1.42. The average Bonchev–Trinajstić information content (AvgIpc) is 2.85. The maximum atomic E-state index is 10.8. The molecule has 0 bridgehead atoms. The molecule has 8 heteroatoms. The predicted molar refractivity (Wildman–Crippen MR) is 80.6 cm³/mol. The predicted octanol–water partition coefficient (Wildman–Crippen LogP) is 2.32. The lowest BCUT2D eigenvalue weighted by Gasteiger charge is -2.20. The molecule has 0 aliphatic carbocycles. The number of nitro groups is 1. The van der Waals surface area contributed by atoms with Gasteiger partial charge in [0.25, 0.3) is 5.69 Å². The maximum absolute atomic E-state index is 10.8. The van der Waals surface area contributed by atoms with E-state index < -0.39 is 4.92 Å². The van der Waals surface area contributed by atoms with Crippen molar-refractivity contribution >= 4 is 38.6 Å². The summed E-state index contributed by atoms with van der Waals surface area (Å²) in [5, 5.41) is 11.6. The molecule has 7 nitrogen and oxygen atoms in total. The van der Waals surface area contributed by atoms with Gasteiger partial charge in [0.15, 0.2) is 0 Å². The molecule has 2 aromatic rings. The van der Waals surface area contributed by atoms with E-state index in [1.807, 2.05) is 4.90 Å². The number of ether oxygens (including phenoxy) is 1. The fourth-order valence-corrected chi connectivity index (χ4v) is 2.30. The molecule has 108 valence electrons. The summed E-state index contributed by atoms with van der Waals surface area (Å²) in [6.45, 7) is 2.06. The SMILES string of the molecule is COCCN(CCBr)c1nc2ccc([N+](=O)[O-])cc2[nH]1. The first-order valence-corrected chi connectivity index (χ1v) is 7.22. The third-order valence-corrected chi connectivity index (χ3v) is 3.24. The zero-order valence-electron chi connectivity index (χ0n) is 11.0. The number of nitrogens with one attached hydrogen (secondary N) is 1. The molecule has 0 fully saturated rings. The monoisotopic (exact) mass is 342 g/mol. The summed E-state index contributed by atoms with van der Waals surface area (Å²) in [5.74, 6) is 0.692. The van der Waals surface area contributed by atoms with Gasteiger partial charge in [0, 0.05) is 37.7 Å². The van der Waals surface area contributed by atoms with Crippen LogP contribution in [0.5, 0.6) is 0 Å². The fourth-order valence-electron chi connectivity index (χ4n) is 1.87. The van der Waals surface area contributed by atoms with E-state index in [2.05, 4.69) is 25.9 Å². The molecule has 0 unspecified atom stereocenters. The second-order valence-corrected chi connectivity index (χ2v) is 4.98. The first-order chi connectivity index (χ1) is 9.65. The summed E-state index contributed by atoms with van der Waals surface area (Å²) < 4.78 is 5.08. The van der Waals surface area contributed by atoms with Gasteiger partial charge in [-0.3, -0.25) is 10.1 Å². The van der Waals surface area contributed by atoms with Gasteiger partial charge in [-0.1, -0.05) is 15.9 Å². The summed E-state index contributed by atoms with van der Waals surface area (Å²) in [4.78, 5) is 20.0. The van der Waals surface area contributed by atoms with Crippen LogP contribution in [0.3, 0.4) is 0 Å². The second kappa shape index (κ2) is 6.67. The van der Waals surface area contributed by atoms with Crippen molar-refractivity contribution in [3.63, 3.8) is 0 Å². The van der Waals surface area contributed by atoms with Crippen LogP contribution in [0.25, 0.3) is 11.0 Å². The third kappa shape index (κ3) is 3.26. The molecule has 2 rings (SSSR count). The highest BCUT2D eigenvalue weighted by Gasteiger charge is 2.13. The number of hydrogen-bond acceptors (Lipinski definition) is 5. The first-order valence-electron chi connectivity index (χ1n) is 6.09. The lowest BCUT2D eigenvalue weighted by atomic mass is 10.3. The molecule has 1 aromatic carbocycles. The van der Waals surface area contributed by atoms with E-state index in [1.165, 1.54) is 12.1 Å². The highest BCUT2D eigenvalue weighted by Crippen LogP contribution is 2.22. The van der Waals surface area contributed by atoms with Gasteiger partial charge in [-0.2, -0.15) is 0 Å². The van der Waals surface area contributed by atoms with E-state index in [1.54, 1.807) is 13.2 Å². The van der Waals surface area contributed by atoms with Gasteiger partial charge in [0.05, 0.1) is 22.6 Å². The number of anilines is 1. The van der Waals surface area contributed by atoms with E-state index in [4.69, 9.17) is 4.74 Å². The number of aromatic nitrogens is 2. The Balaban J connectivity index is 2.30. The van der Waals surface area contributed by atoms with Crippen LogP contribution in [0.2, 0.25) is 0 Å². The standard InChI is InChI=1S/C12H15BrN4O3/c1-20-7-6-16(5-4-13)12-14-10-3-2-9(17(18)19)8-11(10)15-12/h2-3,8H,4-7H2,1H3,(H,14,15). The summed E-state index contributed by atoms with van der Waals surface area (Å²) in [6, 6.07) is 4.60. The van der Waals surface area contributed by atoms with Gasteiger partial charge < -0.3 is 14.6 Å². The molecule has 0 aliphatic rings. The highest BCUT2D eigenvalue weighted by atomic mass is 79.9. The molecule has 0 amide bonds. The number of methoxy groups -OCH3 is 1. The number of rotatable bonds is 7. The average molecular weight is 343 g/mol. The van der Waals surface area contributed by atoms with Gasteiger partial charge >= 0.3 is 0 Å². The third-order valence-electron chi connectivity index (χ3n) is 2.88.